The molecule has 0 aromatic carbocycles. The van der Waals surface area contributed by atoms with Gasteiger partial charge in [0.05, 0.1) is 37.1 Å². The lowest BCUT2D eigenvalue weighted by atomic mass is 9.85. The maximum atomic E-state index is 13.4. The first-order chi connectivity index (χ1) is 14.5. The Labute approximate surface area is 180 Å². The highest BCUT2D eigenvalue weighted by Crippen LogP contribution is 2.37. The normalized spacial score (nSPS) is 23.1. The van der Waals surface area contributed by atoms with E-state index in [1.165, 1.54) is 11.3 Å². The van der Waals surface area contributed by atoms with E-state index in [1.54, 1.807) is 7.11 Å². The average molecular weight is 436 g/mol. The number of methoxy groups -OCH3 is 1. The second-order valence-corrected chi connectivity index (χ2v) is 9.03. The van der Waals surface area contributed by atoms with Gasteiger partial charge in [-0.25, -0.2) is 9.67 Å². The molecule has 2 aromatic heterocycles. The van der Waals surface area contributed by atoms with Gasteiger partial charge in [-0.15, -0.1) is 16.4 Å². The number of hydrogen-bond donors (Lipinski definition) is 0. The van der Waals surface area contributed by atoms with E-state index in [0.29, 0.717) is 32.9 Å². The number of likely N-dealkylation sites (tertiary alicyclic amines) is 1. The lowest BCUT2D eigenvalue weighted by molar-refractivity contribution is -0.0572. The molecule has 30 heavy (non-hydrogen) atoms. The number of hydrogen-bond acceptors (Lipinski definition) is 9. The second-order valence-electron chi connectivity index (χ2n) is 7.83. The molecule has 4 rings (SSSR count). The first-order valence-electron chi connectivity index (χ1n) is 10.4. The smallest absolute Gasteiger partial charge is 0.265 e. The maximum absolute atomic E-state index is 13.4. The quantitative estimate of drug-likeness (QED) is 0.659. The van der Waals surface area contributed by atoms with Crippen LogP contribution < -0.4 is 0 Å². The Morgan fingerprint density at radius 3 is 2.77 bits per heavy atom. The summed E-state index contributed by atoms with van der Waals surface area (Å²) in [6, 6.07) is 0. The van der Waals surface area contributed by atoms with Crippen LogP contribution in [0.1, 0.15) is 39.0 Å². The Hall–Kier alpha value is -1.95. The number of aromatic nitrogens is 5. The van der Waals surface area contributed by atoms with Crippen LogP contribution in [0.15, 0.2) is 0 Å². The number of aryl methyl sites for hydroxylation is 2. The fourth-order valence-electron chi connectivity index (χ4n) is 4.52. The van der Waals surface area contributed by atoms with Gasteiger partial charge in [-0.1, -0.05) is 0 Å². The minimum absolute atomic E-state index is 0.0475. The van der Waals surface area contributed by atoms with Crippen LogP contribution in [0.4, 0.5) is 0 Å². The van der Waals surface area contributed by atoms with Gasteiger partial charge in [-0.3, -0.25) is 9.69 Å². The van der Waals surface area contributed by atoms with E-state index in [9.17, 15) is 4.79 Å². The van der Waals surface area contributed by atoms with Crippen LogP contribution in [0.3, 0.4) is 0 Å². The monoisotopic (exact) mass is 435 g/mol. The molecule has 0 N–H and O–H groups in total. The zero-order valence-corrected chi connectivity index (χ0v) is 18.7. The average Bonchev–Trinajstić information content (AvgIpc) is 3.38. The molecule has 4 heterocycles. The number of carbonyl (C=O) groups is 1. The molecule has 11 heteroatoms. The van der Waals surface area contributed by atoms with Crippen molar-refractivity contribution in [2.24, 2.45) is 0 Å². The van der Waals surface area contributed by atoms with Crippen molar-refractivity contribution < 1.29 is 14.3 Å². The summed E-state index contributed by atoms with van der Waals surface area (Å²) in [7, 11) is 1.67. The van der Waals surface area contributed by atoms with Crippen LogP contribution in [0.2, 0.25) is 0 Å². The van der Waals surface area contributed by atoms with Crippen LogP contribution in [0.25, 0.3) is 0 Å². The van der Waals surface area contributed by atoms with Gasteiger partial charge >= 0.3 is 0 Å². The highest BCUT2D eigenvalue weighted by atomic mass is 32.1. The van der Waals surface area contributed by atoms with Crippen molar-refractivity contribution >= 4 is 17.2 Å². The largest absolute Gasteiger partial charge is 0.383 e. The molecule has 10 nitrogen and oxygen atoms in total. The molecule has 2 fully saturated rings. The van der Waals surface area contributed by atoms with Crippen LogP contribution in [0.5, 0.6) is 0 Å². The van der Waals surface area contributed by atoms with E-state index in [0.717, 1.165) is 53.9 Å². The Balaban J connectivity index is 1.68. The number of piperidine rings is 1. The standard InChI is InChI=1S/C19H29N7O3S/c1-14-16(30-15(2)20-14)17(27)24-6-4-5-19(13-24,25-7-11-29-12-8-25)18-21-22-23-26(18)9-10-28-3/h4-13H2,1-3H3. The summed E-state index contributed by atoms with van der Waals surface area (Å²) in [4.78, 5) is 22.9. The first-order valence-corrected chi connectivity index (χ1v) is 11.2. The number of tetrazole rings is 1. The number of amides is 1. The van der Waals surface area contributed by atoms with Crippen LogP contribution in [0, 0.1) is 13.8 Å². The molecule has 0 radical (unpaired) electrons. The predicted molar refractivity (Wildman–Crippen MR) is 110 cm³/mol. The Bertz CT molecular complexity index is 879. The molecule has 2 aliphatic rings. The second kappa shape index (κ2) is 9.04. The third-order valence-corrected chi connectivity index (χ3v) is 6.99. The molecule has 1 unspecified atom stereocenters. The van der Waals surface area contributed by atoms with E-state index >= 15 is 0 Å². The zero-order chi connectivity index (χ0) is 21.1. The number of morpholine rings is 1. The number of thiazole rings is 1. The van der Waals surface area contributed by atoms with Crippen molar-refractivity contribution in [1.82, 2.24) is 35.0 Å². The highest BCUT2D eigenvalue weighted by molar-refractivity contribution is 7.13. The molecule has 2 saturated heterocycles. The molecule has 164 valence electrons. The van der Waals surface area contributed by atoms with Gasteiger partial charge in [0.1, 0.15) is 10.4 Å². The summed E-state index contributed by atoms with van der Waals surface area (Å²) in [6.07, 6.45) is 1.78. The van der Waals surface area contributed by atoms with Crippen LogP contribution in [-0.4, -0.2) is 94.0 Å². The van der Waals surface area contributed by atoms with Crippen molar-refractivity contribution in [1.29, 1.82) is 0 Å². The predicted octanol–water partition coefficient (Wildman–Crippen LogP) is 0.857. The molecule has 0 aliphatic carbocycles. The molecule has 2 aromatic rings. The third kappa shape index (κ3) is 3.98. The molecule has 0 bridgehead atoms. The van der Waals surface area contributed by atoms with Gasteiger partial charge < -0.3 is 14.4 Å². The van der Waals surface area contributed by atoms with Crippen LogP contribution in [-0.2, 0) is 21.6 Å². The first kappa shape index (κ1) is 21.3. The molecular formula is C19H29N7O3S. The summed E-state index contributed by atoms with van der Waals surface area (Å²) in [6.45, 7) is 9.14. The van der Waals surface area contributed by atoms with Crippen molar-refractivity contribution in [2.45, 2.75) is 38.8 Å². The lowest BCUT2D eigenvalue weighted by Crippen LogP contribution is -2.61. The van der Waals surface area contributed by atoms with E-state index in [1.807, 2.05) is 23.4 Å². The van der Waals surface area contributed by atoms with E-state index < -0.39 is 5.54 Å². The number of nitrogens with zero attached hydrogens (tertiary/aromatic N) is 7. The Morgan fingerprint density at radius 2 is 2.07 bits per heavy atom. The van der Waals surface area contributed by atoms with E-state index in [-0.39, 0.29) is 5.91 Å². The van der Waals surface area contributed by atoms with Gasteiger partial charge in [-0.05, 0) is 37.1 Å². The van der Waals surface area contributed by atoms with Crippen molar-refractivity contribution in [3.05, 3.63) is 21.4 Å². The van der Waals surface area contributed by atoms with E-state index in [4.69, 9.17) is 9.47 Å². The SMILES string of the molecule is COCCn1nnnc1C1(N2CCOCC2)CCCN(C(=O)c2sc(C)nc2C)C1. The van der Waals surface area contributed by atoms with Gasteiger partial charge in [0.2, 0.25) is 0 Å². The summed E-state index contributed by atoms with van der Waals surface area (Å²) in [5.41, 5.74) is 0.359. The van der Waals surface area contributed by atoms with Crippen LogP contribution >= 0.6 is 11.3 Å². The van der Waals surface area contributed by atoms with Crippen molar-refractivity contribution in [2.75, 3.05) is 53.1 Å². The number of rotatable bonds is 6. The molecule has 1 amide bonds. The molecule has 1 atom stereocenters. The third-order valence-electron chi connectivity index (χ3n) is 5.93. The zero-order valence-electron chi connectivity index (χ0n) is 17.8. The Morgan fingerprint density at radius 1 is 1.27 bits per heavy atom. The maximum Gasteiger partial charge on any atom is 0.265 e. The summed E-state index contributed by atoms with van der Waals surface area (Å²) in [5.74, 6) is 0.850. The van der Waals surface area contributed by atoms with Crippen molar-refractivity contribution in [3.63, 3.8) is 0 Å². The fraction of sp³-hybridized carbons (Fsp3) is 0.737. The fourth-order valence-corrected chi connectivity index (χ4v) is 5.41. The molecule has 2 aliphatic heterocycles. The lowest BCUT2D eigenvalue weighted by Gasteiger charge is -2.49. The molecule has 0 saturated carbocycles. The topological polar surface area (TPSA) is 98.5 Å². The minimum Gasteiger partial charge on any atom is -0.383 e. The minimum atomic E-state index is -0.442. The van der Waals surface area contributed by atoms with Gasteiger partial charge in [-0.2, -0.15) is 0 Å². The summed E-state index contributed by atoms with van der Waals surface area (Å²) >= 11 is 1.47. The summed E-state index contributed by atoms with van der Waals surface area (Å²) in [5, 5.41) is 13.6. The Kier molecular flexibility index (Phi) is 6.42. The highest BCUT2D eigenvalue weighted by Gasteiger charge is 2.48. The molecular weight excluding hydrogens is 406 g/mol. The van der Waals surface area contributed by atoms with Gasteiger partial charge in [0.25, 0.3) is 5.91 Å². The van der Waals surface area contributed by atoms with E-state index in [2.05, 4.69) is 25.4 Å². The van der Waals surface area contributed by atoms with Gasteiger partial charge in [0.15, 0.2) is 5.82 Å². The number of carbonyl (C=O) groups excluding carboxylic acids is 1. The summed E-state index contributed by atoms with van der Waals surface area (Å²) < 4.78 is 12.7. The van der Waals surface area contributed by atoms with Gasteiger partial charge in [0, 0.05) is 33.3 Å². The molecule has 0 spiro atoms. The number of ether oxygens (including phenoxy) is 2. The van der Waals surface area contributed by atoms with Crippen molar-refractivity contribution in [3.8, 4) is 0 Å².